The highest BCUT2D eigenvalue weighted by Crippen LogP contribution is 2.28. The van der Waals surface area contributed by atoms with Gasteiger partial charge in [0.25, 0.3) is 0 Å². The van der Waals surface area contributed by atoms with Gasteiger partial charge in [-0.15, -0.1) is 0 Å². The van der Waals surface area contributed by atoms with E-state index in [1.165, 1.54) is 7.05 Å². The van der Waals surface area contributed by atoms with Crippen molar-refractivity contribution in [3.63, 3.8) is 0 Å². The van der Waals surface area contributed by atoms with E-state index in [0.29, 0.717) is 10.2 Å². The van der Waals surface area contributed by atoms with E-state index in [0.717, 1.165) is 16.4 Å². The number of pyridine rings is 1. The van der Waals surface area contributed by atoms with Crippen molar-refractivity contribution in [3.8, 4) is 0 Å². The molecule has 0 saturated heterocycles. The first-order valence-corrected chi connectivity index (χ1v) is 8.16. The normalized spacial score (nSPS) is 11.8. The van der Waals surface area contributed by atoms with Gasteiger partial charge in [-0.2, -0.15) is 4.31 Å². The van der Waals surface area contributed by atoms with Crippen LogP contribution >= 0.6 is 15.9 Å². The molecule has 0 aliphatic heterocycles. The molecule has 0 bridgehead atoms. The molecule has 0 radical (unpaired) electrons. The second-order valence-electron chi connectivity index (χ2n) is 4.39. The Morgan fingerprint density at radius 1 is 1.38 bits per heavy atom. The molecular formula is C13H13BrFN3O2S. The number of benzene rings is 1. The van der Waals surface area contributed by atoms with Crippen molar-refractivity contribution in [2.75, 3.05) is 12.8 Å². The van der Waals surface area contributed by atoms with E-state index in [-0.39, 0.29) is 12.2 Å². The zero-order chi connectivity index (χ0) is 15.6. The van der Waals surface area contributed by atoms with Gasteiger partial charge in [0.05, 0.1) is 12.2 Å². The lowest BCUT2D eigenvalue weighted by atomic mass is 10.3. The number of hydrogen-bond acceptors (Lipinski definition) is 4. The van der Waals surface area contributed by atoms with Crippen LogP contribution in [0.5, 0.6) is 0 Å². The Kier molecular flexibility index (Phi) is 4.60. The van der Waals surface area contributed by atoms with Crippen LogP contribution in [0.2, 0.25) is 0 Å². The second-order valence-corrected chi connectivity index (χ2v) is 7.25. The molecule has 0 fully saturated rings. The molecule has 0 aliphatic carbocycles. The Bertz CT molecular complexity index is 754. The fraction of sp³-hybridized carbons (Fsp3) is 0.154. The van der Waals surface area contributed by atoms with Crippen molar-refractivity contribution >= 4 is 31.6 Å². The Morgan fingerprint density at radius 3 is 2.71 bits per heavy atom. The SMILES string of the molecule is CN(Cc1ccccn1)S(=O)(=O)c1cc(N)c(Br)cc1F. The smallest absolute Gasteiger partial charge is 0.246 e. The summed E-state index contributed by atoms with van der Waals surface area (Å²) in [5.74, 6) is -0.857. The number of halogens is 2. The summed E-state index contributed by atoms with van der Waals surface area (Å²) in [7, 11) is -2.63. The molecule has 1 aromatic carbocycles. The molecule has 21 heavy (non-hydrogen) atoms. The highest BCUT2D eigenvalue weighted by Gasteiger charge is 2.26. The van der Waals surface area contributed by atoms with Crippen molar-refractivity contribution in [2.45, 2.75) is 11.4 Å². The van der Waals surface area contributed by atoms with Crippen LogP contribution in [0.15, 0.2) is 45.9 Å². The molecule has 1 heterocycles. The first-order chi connectivity index (χ1) is 9.82. The molecule has 1 aromatic heterocycles. The van der Waals surface area contributed by atoms with Crippen LogP contribution in [-0.2, 0) is 16.6 Å². The Labute approximate surface area is 130 Å². The number of rotatable bonds is 4. The summed E-state index contributed by atoms with van der Waals surface area (Å²) >= 11 is 3.05. The molecule has 0 unspecified atom stereocenters. The van der Waals surface area contributed by atoms with Gasteiger partial charge in [0, 0.05) is 23.4 Å². The van der Waals surface area contributed by atoms with Crippen LogP contribution in [0.4, 0.5) is 10.1 Å². The largest absolute Gasteiger partial charge is 0.398 e. The van der Waals surface area contributed by atoms with E-state index < -0.39 is 20.7 Å². The Morgan fingerprint density at radius 2 is 2.10 bits per heavy atom. The molecule has 0 aliphatic rings. The van der Waals surface area contributed by atoms with E-state index in [1.807, 2.05) is 0 Å². The van der Waals surface area contributed by atoms with Gasteiger partial charge in [0.1, 0.15) is 10.7 Å². The maximum atomic E-state index is 13.9. The van der Waals surface area contributed by atoms with Crippen molar-refractivity contribution in [1.29, 1.82) is 0 Å². The predicted molar refractivity (Wildman–Crippen MR) is 81.4 cm³/mol. The van der Waals surface area contributed by atoms with Crippen LogP contribution in [0.1, 0.15) is 5.69 Å². The number of sulfonamides is 1. The first-order valence-electron chi connectivity index (χ1n) is 5.93. The second kappa shape index (κ2) is 6.08. The topological polar surface area (TPSA) is 76.3 Å². The minimum absolute atomic E-state index is 0.0403. The summed E-state index contributed by atoms with van der Waals surface area (Å²) in [6.45, 7) is 0.0403. The van der Waals surface area contributed by atoms with E-state index in [4.69, 9.17) is 5.73 Å². The summed E-state index contributed by atoms with van der Waals surface area (Å²) in [6, 6.07) is 7.31. The standard InChI is InChI=1S/C13H13BrFN3O2S/c1-18(8-9-4-2-3-5-17-9)21(19,20)13-7-12(16)10(14)6-11(13)15/h2-7H,8,16H2,1H3. The van der Waals surface area contributed by atoms with Gasteiger partial charge in [-0.1, -0.05) is 6.07 Å². The maximum absolute atomic E-state index is 13.9. The van der Waals surface area contributed by atoms with E-state index in [2.05, 4.69) is 20.9 Å². The van der Waals surface area contributed by atoms with Gasteiger partial charge in [-0.25, -0.2) is 12.8 Å². The lowest BCUT2D eigenvalue weighted by Gasteiger charge is -2.17. The number of nitrogen functional groups attached to an aromatic ring is 1. The third-order valence-corrected chi connectivity index (χ3v) is 5.36. The fourth-order valence-electron chi connectivity index (χ4n) is 1.72. The van der Waals surface area contributed by atoms with Crippen LogP contribution in [0.25, 0.3) is 0 Å². The average Bonchev–Trinajstić information content (AvgIpc) is 2.43. The van der Waals surface area contributed by atoms with Crippen molar-refractivity contribution in [3.05, 3.63) is 52.5 Å². The van der Waals surface area contributed by atoms with Gasteiger partial charge >= 0.3 is 0 Å². The number of nitrogens with zero attached hydrogens (tertiary/aromatic N) is 2. The number of nitrogens with two attached hydrogens (primary N) is 1. The van der Waals surface area contributed by atoms with E-state index in [9.17, 15) is 12.8 Å². The molecule has 8 heteroatoms. The van der Waals surface area contributed by atoms with Crippen LogP contribution in [0.3, 0.4) is 0 Å². The summed E-state index contributed by atoms with van der Waals surface area (Å²) in [4.78, 5) is 3.59. The summed E-state index contributed by atoms with van der Waals surface area (Å²) in [6.07, 6.45) is 1.56. The number of aromatic nitrogens is 1. The lowest BCUT2D eigenvalue weighted by molar-refractivity contribution is 0.455. The number of hydrogen-bond donors (Lipinski definition) is 1. The molecule has 2 rings (SSSR count). The molecule has 2 aromatic rings. The molecule has 5 nitrogen and oxygen atoms in total. The maximum Gasteiger partial charge on any atom is 0.246 e. The van der Waals surface area contributed by atoms with E-state index in [1.54, 1.807) is 24.4 Å². The van der Waals surface area contributed by atoms with Gasteiger partial charge < -0.3 is 5.73 Å². The van der Waals surface area contributed by atoms with Crippen LogP contribution in [-0.4, -0.2) is 24.8 Å². The molecular weight excluding hydrogens is 361 g/mol. The predicted octanol–water partition coefficient (Wildman–Crippen LogP) is 2.39. The monoisotopic (exact) mass is 373 g/mol. The molecule has 0 spiro atoms. The third-order valence-electron chi connectivity index (χ3n) is 2.85. The van der Waals surface area contributed by atoms with Crippen molar-refractivity contribution < 1.29 is 12.8 Å². The molecule has 0 saturated carbocycles. The average molecular weight is 374 g/mol. The molecule has 0 atom stereocenters. The van der Waals surface area contributed by atoms with Crippen molar-refractivity contribution in [2.24, 2.45) is 0 Å². The Hall–Kier alpha value is -1.51. The van der Waals surface area contributed by atoms with Gasteiger partial charge in [0.2, 0.25) is 10.0 Å². The van der Waals surface area contributed by atoms with Crippen molar-refractivity contribution in [1.82, 2.24) is 9.29 Å². The van der Waals surface area contributed by atoms with Gasteiger partial charge in [0.15, 0.2) is 0 Å². The highest BCUT2D eigenvalue weighted by atomic mass is 79.9. The van der Waals surface area contributed by atoms with Gasteiger partial charge in [-0.3, -0.25) is 4.98 Å². The molecule has 2 N–H and O–H groups in total. The Balaban J connectivity index is 2.36. The molecule has 0 amide bonds. The lowest BCUT2D eigenvalue weighted by Crippen LogP contribution is -2.27. The summed E-state index contributed by atoms with van der Waals surface area (Å²) in [5.41, 5.74) is 6.35. The summed E-state index contributed by atoms with van der Waals surface area (Å²) in [5, 5.41) is 0. The van der Waals surface area contributed by atoms with Crippen LogP contribution < -0.4 is 5.73 Å². The number of anilines is 1. The first kappa shape index (κ1) is 15.9. The van der Waals surface area contributed by atoms with Gasteiger partial charge in [-0.05, 0) is 40.2 Å². The molecule has 112 valence electrons. The summed E-state index contributed by atoms with van der Waals surface area (Å²) < 4.78 is 40.1. The highest BCUT2D eigenvalue weighted by molar-refractivity contribution is 9.10. The fourth-order valence-corrected chi connectivity index (χ4v) is 3.25. The van der Waals surface area contributed by atoms with E-state index >= 15 is 0 Å². The minimum Gasteiger partial charge on any atom is -0.398 e. The minimum atomic E-state index is -3.99. The zero-order valence-corrected chi connectivity index (χ0v) is 13.5. The third kappa shape index (κ3) is 3.39. The van der Waals surface area contributed by atoms with Crippen LogP contribution in [0, 0.1) is 5.82 Å². The quantitative estimate of drug-likeness (QED) is 0.834. The zero-order valence-electron chi connectivity index (χ0n) is 11.1.